The van der Waals surface area contributed by atoms with Crippen molar-refractivity contribution in [2.45, 2.75) is 26.7 Å². The molecule has 3 heterocycles. The van der Waals surface area contributed by atoms with Crippen molar-refractivity contribution in [2.75, 3.05) is 11.9 Å². The number of thiophene rings is 1. The van der Waals surface area contributed by atoms with E-state index in [9.17, 15) is 0 Å². The zero-order chi connectivity index (χ0) is 20.5. The Kier molecular flexibility index (Phi) is 4.97. The Morgan fingerprint density at radius 3 is 2.63 bits per heavy atom. The highest BCUT2D eigenvalue weighted by Gasteiger charge is 2.15. The number of H-pyrrole nitrogens is 1. The minimum Gasteiger partial charge on any atom is -0.369 e. The number of hydrogen-bond acceptors (Lipinski definition) is 4. The number of hydrogen-bond donors (Lipinski definition) is 2. The second kappa shape index (κ2) is 7.92. The topological polar surface area (TPSA) is 53.6 Å². The van der Waals surface area contributed by atoms with Gasteiger partial charge in [0.1, 0.15) is 16.5 Å². The van der Waals surface area contributed by atoms with Crippen LogP contribution in [0.2, 0.25) is 0 Å². The fraction of sp³-hybridized carbons (Fsp3) is 0.200. The number of aryl methyl sites for hydroxylation is 2. The van der Waals surface area contributed by atoms with E-state index in [2.05, 4.69) is 78.9 Å². The first-order valence-corrected chi connectivity index (χ1v) is 11.1. The summed E-state index contributed by atoms with van der Waals surface area (Å²) in [4.78, 5) is 15.5. The van der Waals surface area contributed by atoms with Crippen LogP contribution in [0.3, 0.4) is 0 Å². The van der Waals surface area contributed by atoms with E-state index in [1.165, 1.54) is 32.5 Å². The SMILES string of the molecule is Cc1sc2nc(Cc3ccccc3)nc(NCCc3c[nH]c4ccccc34)c2c1C. The first-order chi connectivity index (χ1) is 14.7. The van der Waals surface area contributed by atoms with E-state index in [0.29, 0.717) is 0 Å². The lowest BCUT2D eigenvalue weighted by Gasteiger charge is -2.10. The Morgan fingerprint density at radius 2 is 1.77 bits per heavy atom. The van der Waals surface area contributed by atoms with Gasteiger partial charge in [-0.15, -0.1) is 11.3 Å². The number of aromatic amines is 1. The first kappa shape index (κ1) is 18.8. The molecule has 2 aromatic carbocycles. The van der Waals surface area contributed by atoms with Crippen molar-refractivity contribution in [1.82, 2.24) is 15.0 Å². The fourth-order valence-corrected chi connectivity index (χ4v) is 4.98. The van der Waals surface area contributed by atoms with Crippen molar-refractivity contribution < 1.29 is 0 Å². The molecule has 5 rings (SSSR count). The third-order valence-corrected chi connectivity index (χ3v) is 6.74. The van der Waals surface area contributed by atoms with Gasteiger partial charge in [-0.2, -0.15) is 0 Å². The summed E-state index contributed by atoms with van der Waals surface area (Å²) >= 11 is 1.75. The van der Waals surface area contributed by atoms with Crippen LogP contribution in [0.25, 0.3) is 21.1 Å². The molecule has 3 aromatic heterocycles. The number of fused-ring (bicyclic) bond motifs is 2. The van der Waals surface area contributed by atoms with Crippen LogP contribution in [0.15, 0.2) is 60.8 Å². The van der Waals surface area contributed by atoms with Crippen LogP contribution >= 0.6 is 11.3 Å². The van der Waals surface area contributed by atoms with Crippen LogP contribution < -0.4 is 5.32 Å². The Hall–Kier alpha value is -3.18. The average molecular weight is 413 g/mol. The molecule has 0 atom stereocenters. The molecule has 0 unspecified atom stereocenters. The number of anilines is 1. The van der Waals surface area contributed by atoms with Crippen LogP contribution in [0.1, 0.15) is 27.4 Å². The molecule has 0 spiro atoms. The number of rotatable bonds is 6. The molecule has 0 aliphatic heterocycles. The average Bonchev–Trinajstić information content (AvgIpc) is 3.29. The molecule has 5 aromatic rings. The summed E-state index contributed by atoms with van der Waals surface area (Å²) in [5, 5.41) is 6.06. The van der Waals surface area contributed by atoms with Crippen molar-refractivity contribution in [1.29, 1.82) is 0 Å². The molecule has 150 valence electrons. The molecular weight excluding hydrogens is 388 g/mol. The smallest absolute Gasteiger partial charge is 0.138 e. The maximum atomic E-state index is 4.93. The summed E-state index contributed by atoms with van der Waals surface area (Å²) in [5.74, 6) is 1.82. The molecule has 5 heteroatoms. The van der Waals surface area contributed by atoms with E-state index in [1.807, 2.05) is 6.07 Å². The van der Waals surface area contributed by atoms with E-state index in [0.717, 1.165) is 41.2 Å². The van der Waals surface area contributed by atoms with Crippen LogP contribution in [0.5, 0.6) is 0 Å². The van der Waals surface area contributed by atoms with Crippen molar-refractivity contribution >= 4 is 38.3 Å². The van der Waals surface area contributed by atoms with Gasteiger partial charge < -0.3 is 10.3 Å². The summed E-state index contributed by atoms with van der Waals surface area (Å²) in [6.45, 7) is 5.15. The molecule has 0 saturated carbocycles. The Morgan fingerprint density at radius 1 is 0.967 bits per heavy atom. The molecule has 0 saturated heterocycles. The molecule has 4 nitrogen and oxygen atoms in total. The van der Waals surface area contributed by atoms with Gasteiger partial charge in [-0.1, -0.05) is 48.5 Å². The highest BCUT2D eigenvalue weighted by Crippen LogP contribution is 2.33. The quantitative estimate of drug-likeness (QED) is 0.358. The van der Waals surface area contributed by atoms with Crippen LogP contribution in [-0.2, 0) is 12.8 Å². The van der Waals surface area contributed by atoms with Gasteiger partial charge in [0.15, 0.2) is 0 Å². The number of nitrogens with one attached hydrogen (secondary N) is 2. The molecule has 2 N–H and O–H groups in total. The number of aromatic nitrogens is 3. The van der Waals surface area contributed by atoms with Gasteiger partial charge in [0.25, 0.3) is 0 Å². The summed E-state index contributed by atoms with van der Waals surface area (Å²) < 4.78 is 0. The summed E-state index contributed by atoms with van der Waals surface area (Å²) in [6, 6.07) is 18.9. The van der Waals surface area contributed by atoms with Gasteiger partial charge >= 0.3 is 0 Å². The van der Waals surface area contributed by atoms with Crippen molar-refractivity contribution in [3.05, 3.63) is 88.2 Å². The van der Waals surface area contributed by atoms with Gasteiger partial charge in [-0.25, -0.2) is 9.97 Å². The zero-order valence-electron chi connectivity index (χ0n) is 17.2. The van der Waals surface area contributed by atoms with Gasteiger partial charge in [0, 0.05) is 34.9 Å². The summed E-state index contributed by atoms with van der Waals surface area (Å²) in [6.07, 6.45) is 3.79. The second-order valence-electron chi connectivity index (χ2n) is 7.65. The minimum absolute atomic E-state index is 0.740. The molecule has 0 bridgehead atoms. The maximum Gasteiger partial charge on any atom is 0.138 e. The van der Waals surface area contributed by atoms with Crippen LogP contribution in [0, 0.1) is 13.8 Å². The van der Waals surface area contributed by atoms with E-state index in [4.69, 9.17) is 9.97 Å². The Bertz CT molecular complexity index is 1320. The second-order valence-corrected chi connectivity index (χ2v) is 8.85. The van der Waals surface area contributed by atoms with E-state index < -0.39 is 0 Å². The number of para-hydroxylation sites is 1. The third-order valence-electron chi connectivity index (χ3n) is 5.64. The first-order valence-electron chi connectivity index (χ1n) is 10.3. The summed E-state index contributed by atoms with van der Waals surface area (Å²) in [7, 11) is 0. The predicted molar refractivity (Wildman–Crippen MR) is 127 cm³/mol. The fourth-order valence-electron chi connectivity index (χ4n) is 3.93. The molecule has 30 heavy (non-hydrogen) atoms. The van der Waals surface area contributed by atoms with E-state index >= 15 is 0 Å². The minimum atomic E-state index is 0.740. The standard InChI is InChI=1S/C25H24N4S/c1-16-17(2)30-25-23(16)24(28-22(29-25)14-18-8-4-3-5-9-18)26-13-12-19-15-27-21-11-7-6-10-20(19)21/h3-11,15,27H,12-14H2,1-2H3,(H,26,28,29). The lowest BCUT2D eigenvalue weighted by Crippen LogP contribution is -2.09. The van der Waals surface area contributed by atoms with Crippen LogP contribution in [-0.4, -0.2) is 21.5 Å². The lowest BCUT2D eigenvalue weighted by molar-refractivity contribution is 0.968. The monoisotopic (exact) mass is 412 g/mol. The molecular formula is C25H24N4S. The third kappa shape index (κ3) is 3.57. The highest BCUT2D eigenvalue weighted by molar-refractivity contribution is 7.18. The van der Waals surface area contributed by atoms with Crippen LogP contribution in [0.4, 0.5) is 5.82 Å². The lowest BCUT2D eigenvalue weighted by atomic mass is 10.1. The molecule has 0 aliphatic carbocycles. The van der Waals surface area contributed by atoms with E-state index in [1.54, 1.807) is 11.3 Å². The number of nitrogens with zero attached hydrogens (tertiary/aromatic N) is 2. The largest absolute Gasteiger partial charge is 0.369 e. The molecule has 0 aliphatic rings. The zero-order valence-corrected chi connectivity index (χ0v) is 18.0. The Labute approximate surface area is 180 Å². The molecule has 0 fully saturated rings. The van der Waals surface area contributed by atoms with Gasteiger partial charge in [-0.05, 0) is 43.0 Å². The summed E-state index contributed by atoms with van der Waals surface area (Å²) in [5.41, 5.74) is 5.01. The molecule has 0 radical (unpaired) electrons. The maximum absolute atomic E-state index is 4.93. The van der Waals surface area contributed by atoms with Crippen molar-refractivity contribution in [2.24, 2.45) is 0 Å². The van der Waals surface area contributed by atoms with Gasteiger partial charge in [-0.3, -0.25) is 0 Å². The number of benzene rings is 2. The predicted octanol–water partition coefficient (Wildman–Crippen LogP) is 6.03. The van der Waals surface area contributed by atoms with Gasteiger partial charge in [0.05, 0.1) is 5.39 Å². The normalized spacial score (nSPS) is 11.4. The highest BCUT2D eigenvalue weighted by atomic mass is 32.1. The van der Waals surface area contributed by atoms with Gasteiger partial charge in [0.2, 0.25) is 0 Å². The Balaban J connectivity index is 1.43. The van der Waals surface area contributed by atoms with Crippen molar-refractivity contribution in [3.8, 4) is 0 Å². The molecule has 0 amide bonds. The van der Waals surface area contributed by atoms with E-state index in [-0.39, 0.29) is 0 Å². The van der Waals surface area contributed by atoms with Crippen molar-refractivity contribution in [3.63, 3.8) is 0 Å².